The summed E-state index contributed by atoms with van der Waals surface area (Å²) in [4.78, 5) is 11.1. The van der Waals surface area contributed by atoms with Crippen LogP contribution in [0.15, 0.2) is 29.2 Å². The third-order valence-corrected chi connectivity index (χ3v) is 3.63. The van der Waals surface area contributed by atoms with E-state index in [4.69, 9.17) is 11.5 Å². The maximum Gasteiger partial charge on any atom is 0.251 e. The molecular formula is C12H16N4OS. The number of rotatable bonds is 5. The van der Waals surface area contributed by atoms with Crippen LogP contribution in [0.2, 0.25) is 0 Å². The normalized spacial score (nSPS) is 14.3. The summed E-state index contributed by atoms with van der Waals surface area (Å²) in [6.45, 7) is 2.03. The standard InChI is InChI=1S/C12H16N4OS/c1-2-10(13)11(8-3-4-18-7-8)16-6-9(5-15-16)12(14)17/h3-7,10-11H,2,13H2,1H3,(H2,14,17). The number of carbonyl (C=O) groups is 1. The van der Waals surface area contributed by atoms with Gasteiger partial charge >= 0.3 is 0 Å². The van der Waals surface area contributed by atoms with Crippen molar-refractivity contribution in [2.24, 2.45) is 11.5 Å². The van der Waals surface area contributed by atoms with Crippen molar-refractivity contribution in [1.29, 1.82) is 0 Å². The Hall–Kier alpha value is -1.66. The van der Waals surface area contributed by atoms with Crippen molar-refractivity contribution in [3.63, 3.8) is 0 Å². The minimum atomic E-state index is -0.476. The van der Waals surface area contributed by atoms with E-state index < -0.39 is 5.91 Å². The fourth-order valence-electron chi connectivity index (χ4n) is 1.88. The molecule has 0 fully saturated rings. The zero-order valence-corrected chi connectivity index (χ0v) is 10.9. The smallest absolute Gasteiger partial charge is 0.251 e. The first-order chi connectivity index (χ1) is 8.63. The Morgan fingerprint density at radius 1 is 1.61 bits per heavy atom. The molecule has 0 saturated heterocycles. The Morgan fingerprint density at radius 2 is 2.39 bits per heavy atom. The topological polar surface area (TPSA) is 86.9 Å². The van der Waals surface area contributed by atoms with Crippen LogP contribution in [0.1, 0.15) is 35.3 Å². The van der Waals surface area contributed by atoms with E-state index in [0.29, 0.717) is 5.56 Å². The number of hydrogen-bond acceptors (Lipinski definition) is 4. The van der Waals surface area contributed by atoms with Crippen LogP contribution in [-0.4, -0.2) is 21.7 Å². The molecule has 2 rings (SSSR count). The van der Waals surface area contributed by atoms with Gasteiger partial charge in [-0.1, -0.05) is 6.92 Å². The summed E-state index contributed by atoms with van der Waals surface area (Å²) in [6, 6.07) is 1.91. The molecule has 0 saturated carbocycles. The number of nitrogens with zero attached hydrogens (tertiary/aromatic N) is 2. The third-order valence-electron chi connectivity index (χ3n) is 2.93. The molecule has 0 aromatic carbocycles. The Labute approximate surface area is 109 Å². The molecule has 2 aromatic heterocycles. The summed E-state index contributed by atoms with van der Waals surface area (Å²) in [7, 11) is 0. The highest BCUT2D eigenvalue weighted by molar-refractivity contribution is 7.07. The van der Waals surface area contributed by atoms with E-state index in [1.807, 2.05) is 23.8 Å². The molecule has 5 nitrogen and oxygen atoms in total. The van der Waals surface area contributed by atoms with Gasteiger partial charge in [-0.2, -0.15) is 16.4 Å². The van der Waals surface area contributed by atoms with Crippen molar-refractivity contribution in [3.8, 4) is 0 Å². The summed E-state index contributed by atoms with van der Waals surface area (Å²) in [5, 5.41) is 8.25. The van der Waals surface area contributed by atoms with Gasteiger partial charge in [0, 0.05) is 12.2 Å². The highest BCUT2D eigenvalue weighted by Crippen LogP contribution is 2.24. The zero-order valence-electron chi connectivity index (χ0n) is 10.1. The fourth-order valence-corrected chi connectivity index (χ4v) is 2.57. The largest absolute Gasteiger partial charge is 0.366 e. The summed E-state index contributed by atoms with van der Waals surface area (Å²) < 4.78 is 1.72. The van der Waals surface area contributed by atoms with Crippen molar-refractivity contribution in [3.05, 3.63) is 40.3 Å². The van der Waals surface area contributed by atoms with Crippen LogP contribution in [0.25, 0.3) is 0 Å². The minimum Gasteiger partial charge on any atom is -0.366 e. The molecule has 0 aliphatic carbocycles. The second-order valence-electron chi connectivity index (χ2n) is 4.15. The van der Waals surface area contributed by atoms with Gasteiger partial charge in [0.05, 0.1) is 17.8 Å². The molecule has 96 valence electrons. The van der Waals surface area contributed by atoms with Crippen molar-refractivity contribution >= 4 is 17.2 Å². The number of aromatic nitrogens is 2. The van der Waals surface area contributed by atoms with E-state index >= 15 is 0 Å². The molecule has 0 bridgehead atoms. The van der Waals surface area contributed by atoms with E-state index in [-0.39, 0.29) is 12.1 Å². The molecule has 0 aliphatic rings. The summed E-state index contributed by atoms with van der Waals surface area (Å²) in [6.07, 6.45) is 3.95. The lowest BCUT2D eigenvalue weighted by Gasteiger charge is -2.22. The molecule has 4 N–H and O–H groups in total. The van der Waals surface area contributed by atoms with Crippen LogP contribution in [0, 0.1) is 0 Å². The average molecular weight is 264 g/mol. The number of thiophene rings is 1. The third kappa shape index (κ3) is 2.44. The van der Waals surface area contributed by atoms with Crippen molar-refractivity contribution < 1.29 is 4.79 Å². The predicted octanol–water partition coefficient (Wildman–Crippen LogP) is 1.37. The molecule has 2 atom stereocenters. The SMILES string of the molecule is CCC(N)C(c1ccsc1)n1cc(C(N)=O)cn1. The Morgan fingerprint density at radius 3 is 2.89 bits per heavy atom. The quantitative estimate of drug-likeness (QED) is 0.855. The van der Waals surface area contributed by atoms with Gasteiger partial charge in [-0.15, -0.1) is 0 Å². The van der Waals surface area contributed by atoms with Crippen LogP contribution in [-0.2, 0) is 0 Å². The molecule has 2 heterocycles. The van der Waals surface area contributed by atoms with Crippen LogP contribution in [0.3, 0.4) is 0 Å². The van der Waals surface area contributed by atoms with E-state index in [1.165, 1.54) is 6.20 Å². The van der Waals surface area contributed by atoms with Crippen LogP contribution in [0.5, 0.6) is 0 Å². The average Bonchev–Trinajstić information content (AvgIpc) is 3.00. The molecule has 2 aromatic rings. The van der Waals surface area contributed by atoms with Gasteiger partial charge in [0.1, 0.15) is 0 Å². The number of carbonyl (C=O) groups excluding carboxylic acids is 1. The van der Waals surface area contributed by atoms with E-state index in [9.17, 15) is 4.79 Å². The molecular weight excluding hydrogens is 248 g/mol. The molecule has 0 spiro atoms. The lowest BCUT2D eigenvalue weighted by atomic mass is 10.0. The molecule has 6 heteroatoms. The maximum absolute atomic E-state index is 11.1. The first kappa shape index (κ1) is 12.8. The molecule has 0 radical (unpaired) electrons. The Kier molecular flexibility index (Phi) is 3.78. The summed E-state index contributed by atoms with van der Waals surface area (Å²) in [5.74, 6) is -0.476. The Balaban J connectivity index is 2.37. The predicted molar refractivity (Wildman–Crippen MR) is 71.5 cm³/mol. The van der Waals surface area contributed by atoms with Crippen molar-refractivity contribution in [2.75, 3.05) is 0 Å². The monoisotopic (exact) mass is 264 g/mol. The van der Waals surface area contributed by atoms with Crippen LogP contribution >= 0.6 is 11.3 Å². The van der Waals surface area contributed by atoms with E-state index in [0.717, 1.165) is 12.0 Å². The molecule has 18 heavy (non-hydrogen) atoms. The first-order valence-electron chi connectivity index (χ1n) is 5.75. The second kappa shape index (κ2) is 5.32. The van der Waals surface area contributed by atoms with Gasteiger partial charge in [-0.3, -0.25) is 9.48 Å². The molecule has 0 aliphatic heterocycles. The highest BCUT2D eigenvalue weighted by atomic mass is 32.1. The zero-order chi connectivity index (χ0) is 13.1. The van der Waals surface area contributed by atoms with Gasteiger partial charge in [0.15, 0.2) is 0 Å². The Bertz CT molecular complexity index is 520. The van der Waals surface area contributed by atoms with Gasteiger partial charge in [0.2, 0.25) is 0 Å². The van der Waals surface area contributed by atoms with E-state index in [2.05, 4.69) is 5.10 Å². The highest BCUT2D eigenvalue weighted by Gasteiger charge is 2.22. The van der Waals surface area contributed by atoms with Crippen molar-refractivity contribution in [1.82, 2.24) is 9.78 Å². The lowest BCUT2D eigenvalue weighted by Crippen LogP contribution is -2.32. The number of primary amides is 1. The van der Waals surface area contributed by atoms with Crippen molar-refractivity contribution in [2.45, 2.75) is 25.4 Å². The maximum atomic E-state index is 11.1. The number of nitrogens with two attached hydrogens (primary N) is 2. The van der Waals surface area contributed by atoms with Crippen LogP contribution < -0.4 is 11.5 Å². The molecule has 1 amide bonds. The van der Waals surface area contributed by atoms with Gasteiger partial charge in [-0.05, 0) is 28.8 Å². The number of hydrogen-bond donors (Lipinski definition) is 2. The lowest BCUT2D eigenvalue weighted by molar-refractivity contribution is 0.1000. The second-order valence-corrected chi connectivity index (χ2v) is 4.93. The number of amides is 1. The van der Waals surface area contributed by atoms with Gasteiger partial charge in [-0.25, -0.2) is 0 Å². The van der Waals surface area contributed by atoms with Gasteiger partial charge < -0.3 is 11.5 Å². The first-order valence-corrected chi connectivity index (χ1v) is 6.69. The summed E-state index contributed by atoms with van der Waals surface area (Å²) in [5.41, 5.74) is 12.9. The van der Waals surface area contributed by atoms with Gasteiger partial charge in [0.25, 0.3) is 5.91 Å². The molecule has 2 unspecified atom stereocenters. The minimum absolute atomic E-state index is 0.0553. The van der Waals surface area contributed by atoms with E-state index in [1.54, 1.807) is 22.2 Å². The fraction of sp³-hybridized carbons (Fsp3) is 0.333. The van der Waals surface area contributed by atoms with Crippen LogP contribution in [0.4, 0.5) is 0 Å². The summed E-state index contributed by atoms with van der Waals surface area (Å²) >= 11 is 1.62.